The fourth-order valence-electron chi connectivity index (χ4n) is 9.10. The summed E-state index contributed by atoms with van der Waals surface area (Å²) in [5.41, 5.74) is 0. The smallest absolute Gasteiger partial charge is 0.220 e. The molecule has 0 aromatic heterocycles. The maximum Gasteiger partial charge on any atom is 0.220 e. The first-order chi connectivity index (χ1) is 36.8. The molecule has 0 bridgehead atoms. The minimum atomic E-state index is -1.56. The zero-order valence-corrected chi connectivity index (χ0v) is 47.8. The van der Waals surface area contributed by atoms with Gasteiger partial charge >= 0.3 is 0 Å². The van der Waals surface area contributed by atoms with Crippen molar-refractivity contribution >= 4 is 5.91 Å². The number of carbonyl (C=O) groups is 1. The van der Waals surface area contributed by atoms with Crippen molar-refractivity contribution in [3.63, 3.8) is 0 Å². The first-order valence-corrected chi connectivity index (χ1v) is 30.6. The monoisotopic (exact) mass is 1050 g/mol. The summed E-state index contributed by atoms with van der Waals surface area (Å²) in [6.07, 6.45) is 72.8. The second-order valence-corrected chi connectivity index (χ2v) is 20.8. The van der Waals surface area contributed by atoms with Crippen molar-refractivity contribution in [2.75, 3.05) is 13.2 Å². The SMILES string of the molecule is CC/C=C\C/C=C\C/C=C\C/C=C\C/C=C\C/C=C\C/C=C\C/C=C\C/C=C\CCCCCCCCCCCCCCCC(=O)NC(COC1OC(CO)C(O)C(O)C1O)C(O)CCCCCCCCCCCCC. The zero-order chi connectivity index (χ0) is 54.3. The molecule has 0 aromatic carbocycles. The quantitative estimate of drug-likeness (QED) is 0.0261. The van der Waals surface area contributed by atoms with Crippen LogP contribution in [0.5, 0.6) is 0 Å². The van der Waals surface area contributed by atoms with Gasteiger partial charge in [0.05, 0.1) is 25.4 Å². The molecule has 0 aromatic rings. The van der Waals surface area contributed by atoms with E-state index in [1.807, 2.05) is 0 Å². The minimum absolute atomic E-state index is 0.142. The van der Waals surface area contributed by atoms with Crippen LogP contribution in [0.1, 0.15) is 245 Å². The van der Waals surface area contributed by atoms with Gasteiger partial charge in [-0.1, -0.05) is 264 Å². The third kappa shape index (κ3) is 43.5. The third-order valence-electron chi connectivity index (χ3n) is 13.9. The van der Waals surface area contributed by atoms with E-state index in [1.165, 1.54) is 122 Å². The first kappa shape index (κ1) is 69.9. The van der Waals surface area contributed by atoms with Crippen LogP contribution < -0.4 is 5.32 Å². The zero-order valence-electron chi connectivity index (χ0n) is 47.8. The van der Waals surface area contributed by atoms with Gasteiger partial charge in [0.25, 0.3) is 0 Å². The van der Waals surface area contributed by atoms with Crippen molar-refractivity contribution in [1.29, 1.82) is 0 Å². The molecule has 75 heavy (non-hydrogen) atoms. The van der Waals surface area contributed by atoms with Crippen molar-refractivity contribution < 1.29 is 39.8 Å². The van der Waals surface area contributed by atoms with Crippen LogP contribution in [-0.4, -0.2) is 87.5 Å². The third-order valence-corrected chi connectivity index (χ3v) is 13.9. The molecule has 6 N–H and O–H groups in total. The molecular weight excluding hydrogens is 935 g/mol. The topological polar surface area (TPSA) is 149 Å². The molecule has 1 rings (SSSR count). The fraction of sp³-hybridized carbons (Fsp3) is 0.712. The Morgan fingerprint density at radius 1 is 0.467 bits per heavy atom. The summed E-state index contributed by atoms with van der Waals surface area (Å²) in [6, 6.07) is -0.724. The number of unbranched alkanes of at least 4 members (excludes halogenated alkanes) is 23. The molecule has 1 fully saturated rings. The summed E-state index contributed by atoms with van der Waals surface area (Å²) < 4.78 is 11.3. The molecule has 1 amide bonds. The molecule has 9 nitrogen and oxygen atoms in total. The van der Waals surface area contributed by atoms with Gasteiger partial charge in [-0.2, -0.15) is 0 Å². The van der Waals surface area contributed by atoms with Crippen molar-refractivity contribution in [1.82, 2.24) is 5.32 Å². The molecule has 0 radical (unpaired) electrons. The predicted octanol–water partition coefficient (Wildman–Crippen LogP) is 15.7. The molecule has 9 heteroatoms. The number of aliphatic hydroxyl groups is 5. The van der Waals surface area contributed by atoms with Crippen LogP contribution in [0.25, 0.3) is 0 Å². The van der Waals surface area contributed by atoms with Crippen LogP contribution in [0.15, 0.2) is 109 Å². The van der Waals surface area contributed by atoms with Gasteiger partial charge in [-0.15, -0.1) is 0 Å². The highest BCUT2D eigenvalue weighted by Gasteiger charge is 2.44. The van der Waals surface area contributed by atoms with Crippen molar-refractivity contribution in [3.8, 4) is 0 Å². The van der Waals surface area contributed by atoms with Gasteiger partial charge < -0.3 is 40.3 Å². The number of nitrogens with one attached hydrogen (secondary N) is 1. The van der Waals surface area contributed by atoms with Crippen molar-refractivity contribution in [3.05, 3.63) is 109 Å². The van der Waals surface area contributed by atoms with Crippen LogP contribution in [0, 0.1) is 0 Å². The van der Waals surface area contributed by atoms with E-state index in [0.717, 1.165) is 96.3 Å². The lowest BCUT2D eigenvalue weighted by atomic mass is 9.99. The van der Waals surface area contributed by atoms with Crippen LogP contribution in [-0.2, 0) is 14.3 Å². The van der Waals surface area contributed by atoms with E-state index in [-0.39, 0.29) is 12.5 Å². The number of hydrogen-bond donors (Lipinski definition) is 6. The number of rotatable bonds is 51. The fourth-order valence-corrected chi connectivity index (χ4v) is 9.10. The van der Waals surface area contributed by atoms with Gasteiger partial charge in [0.15, 0.2) is 6.29 Å². The van der Waals surface area contributed by atoms with E-state index in [2.05, 4.69) is 129 Å². The number of aliphatic hydroxyl groups excluding tert-OH is 5. The summed E-state index contributed by atoms with van der Waals surface area (Å²) in [5.74, 6) is -0.150. The van der Waals surface area contributed by atoms with E-state index >= 15 is 0 Å². The highest BCUT2D eigenvalue weighted by Crippen LogP contribution is 2.23. The Morgan fingerprint density at radius 2 is 0.827 bits per heavy atom. The van der Waals surface area contributed by atoms with Crippen LogP contribution in [0.2, 0.25) is 0 Å². The summed E-state index contributed by atoms with van der Waals surface area (Å²) in [4.78, 5) is 13.0. The highest BCUT2D eigenvalue weighted by atomic mass is 16.7. The Kier molecular flexibility index (Phi) is 50.5. The van der Waals surface area contributed by atoms with Gasteiger partial charge in [-0.25, -0.2) is 0 Å². The Balaban J connectivity index is 2.07. The van der Waals surface area contributed by atoms with Crippen molar-refractivity contribution in [2.45, 2.75) is 288 Å². The van der Waals surface area contributed by atoms with Crippen molar-refractivity contribution in [2.24, 2.45) is 0 Å². The highest BCUT2D eigenvalue weighted by molar-refractivity contribution is 5.76. The average molecular weight is 1050 g/mol. The van der Waals surface area contributed by atoms with Gasteiger partial charge in [0.2, 0.25) is 5.91 Å². The predicted molar refractivity (Wildman–Crippen MR) is 317 cm³/mol. The molecule has 430 valence electrons. The molecule has 1 saturated heterocycles. The molecule has 0 aliphatic carbocycles. The van der Waals surface area contributed by atoms with Crippen LogP contribution in [0.3, 0.4) is 0 Å². The Bertz CT molecular complexity index is 1540. The Hall–Kier alpha value is -3.15. The molecule has 0 saturated carbocycles. The van der Waals surface area contributed by atoms with E-state index < -0.39 is 49.5 Å². The lowest BCUT2D eigenvalue weighted by Crippen LogP contribution is -2.60. The van der Waals surface area contributed by atoms with E-state index in [9.17, 15) is 30.3 Å². The number of ether oxygens (including phenoxy) is 2. The van der Waals surface area contributed by atoms with Crippen LogP contribution in [0.4, 0.5) is 0 Å². The Morgan fingerprint density at radius 3 is 1.23 bits per heavy atom. The standard InChI is InChI=1S/C66H113NO8/c1-3-5-7-9-11-13-15-16-17-18-19-20-21-22-23-24-25-26-27-28-29-30-31-32-33-34-35-36-37-38-39-40-41-42-43-44-46-48-50-52-54-56-62(70)67-59(58-74-66-65(73)64(72)63(71)61(57-68)75-66)60(69)55-53-51-49-47-45-14-12-10-8-6-4-2/h5,7,11,13,16-17,19-20,22-23,25-26,28-29,31-32,34-35,59-61,63-66,68-69,71-73H,3-4,6,8-10,12,14-15,18,21,24,27,30,33,36-58H2,1-2H3,(H,67,70)/b7-5-,13-11-,17-16-,20-19-,23-22-,26-25-,29-28-,32-31-,35-34-. The van der Waals surface area contributed by atoms with Gasteiger partial charge in [-0.05, 0) is 83.5 Å². The van der Waals surface area contributed by atoms with Gasteiger partial charge in [0.1, 0.15) is 24.4 Å². The minimum Gasteiger partial charge on any atom is -0.394 e. The second-order valence-electron chi connectivity index (χ2n) is 20.8. The second kappa shape index (κ2) is 54.2. The molecule has 1 aliphatic rings. The average Bonchev–Trinajstić information content (AvgIpc) is 3.41. The molecular formula is C66H113NO8. The number of amides is 1. The van der Waals surface area contributed by atoms with E-state index in [4.69, 9.17) is 9.47 Å². The van der Waals surface area contributed by atoms with Gasteiger partial charge in [0, 0.05) is 6.42 Å². The Labute approximate surface area is 459 Å². The maximum absolute atomic E-state index is 13.0. The number of carbonyl (C=O) groups excluding carboxylic acids is 1. The summed E-state index contributed by atoms with van der Waals surface area (Å²) >= 11 is 0. The lowest BCUT2D eigenvalue weighted by Gasteiger charge is -2.40. The van der Waals surface area contributed by atoms with Gasteiger partial charge in [-0.3, -0.25) is 4.79 Å². The van der Waals surface area contributed by atoms with Crippen LogP contribution >= 0.6 is 0 Å². The molecule has 1 heterocycles. The lowest BCUT2D eigenvalue weighted by molar-refractivity contribution is -0.302. The van der Waals surface area contributed by atoms with E-state index in [1.54, 1.807) is 0 Å². The first-order valence-electron chi connectivity index (χ1n) is 30.6. The number of allylic oxidation sites excluding steroid dienone is 18. The largest absolute Gasteiger partial charge is 0.394 e. The summed E-state index contributed by atoms with van der Waals surface area (Å²) in [7, 11) is 0. The molecule has 7 atom stereocenters. The maximum atomic E-state index is 13.0. The summed E-state index contributed by atoms with van der Waals surface area (Å²) in [6.45, 7) is 3.70. The van der Waals surface area contributed by atoms with E-state index in [0.29, 0.717) is 12.8 Å². The normalized spacial score (nSPS) is 19.7. The number of hydrogen-bond acceptors (Lipinski definition) is 8. The molecule has 0 spiro atoms. The molecule has 1 aliphatic heterocycles. The molecule has 7 unspecified atom stereocenters. The summed E-state index contributed by atoms with van der Waals surface area (Å²) in [5, 5.41) is 54.5.